The fraction of sp³-hybridized carbons (Fsp3) is 0.600. The summed E-state index contributed by atoms with van der Waals surface area (Å²) < 4.78 is 4.90. The molecule has 1 aromatic rings. The Balaban J connectivity index is 1.85. The third kappa shape index (κ3) is 5.05. The van der Waals surface area contributed by atoms with E-state index in [0.29, 0.717) is 12.3 Å². The number of primary amides is 1. The lowest BCUT2D eigenvalue weighted by molar-refractivity contribution is -0.121. The van der Waals surface area contributed by atoms with Crippen molar-refractivity contribution in [3.8, 4) is 0 Å². The topological polar surface area (TPSA) is 131 Å². The molecule has 9 nitrogen and oxygen atoms in total. The fourth-order valence-corrected chi connectivity index (χ4v) is 2.90. The Morgan fingerprint density at radius 3 is 2.88 bits per heavy atom. The van der Waals surface area contributed by atoms with Crippen LogP contribution in [-0.2, 0) is 4.79 Å². The molecule has 1 saturated heterocycles. The summed E-state index contributed by atoms with van der Waals surface area (Å²) in [4.78, 5) is 36.4. The van der Waals surface area contributed by atoms with E-state index in [0.717, 1.165) is 19.4 Å². The first-order chi connectivity index (χ1) is 11.3. The van der Waals surface area contributed by atoms with Crippen LogP contribution in [0.25, 0.3) is 0 Å². The monoisotopic (exact) mass is 337 g/mol. The summed E-state index contributed by atoms with van der Waals surface area (Å²) in [5.74, 6) is 0.0926. The van der Waals surface area contributed by atoms with Crippen molar-refractivity contribution in [1.29, 1.82) is 0 Å². The second-order valence-electron chi connectivity index (χ2n) is 6.13. The number of urea groups is 1. The summed E-state index contributed by atoms with van der Waals surface area (Å²) in [6, 6.07) is 0.664. The lowest BCUT2D eigenvalue weighted by Crippen LogP contribution is -2.49. The van der Waals surface area contributed by atoms with Gasteiger partial charge >= 0.3 is 6.03 Å². The minimum absolute atomic E-state index is 0.0727. The van der Waals surface area contributed by atoms with Crippen LogP contribution in [0.5, 0.6) is 0 Å². The molecule has 4 N–H and O–H groups in total. The molecule has 1 aromatic heterocycles. The van der Waals surface area contributed by atoms with Crippen LogP contribution < -0.4 is 16.4 Å². The normalized spacial score (nSPS) is 19.5. The standard InChI is InChI=1S/C15H23N5O4/c1-9-6-12(19-24-9)14(22)17-10(2)11-4-3-5-20(7-11)8-13(21)18-15(16)23/h6,10-11H,3-5,7-8H2,1-2H3,(H,17,22)(H3,16,18,21,23). The van der Waals surface area contributed by atoms with Crippen LogP contribution in [0.4, 0.5) is 4.79 Å². The SMILES string of the molecule is Cc1cc(C(=O)NC(C)C2CCCN(CC(=O)NC(N)=O)C2)no1. The van der Waals surface area contributed by atoms with E-state index in [1.54, 1.807) is 13.0 Å². The van der Waals surface area contributed by atoms with Gasteiger partial charge in [-0.05, 0) is 39.2 Å². The second kappa shape index (κ2) is 7.91. The predicted octanol–water partition coefficient (Wildman–Crippen LogP) is 0.00822. The molecule has 0 radical (unpaired) electrons. The first-order valence-corrected chi connectivity index (χ1v) is 7.91. The number of piperidine rings is 1. The van der Waals surface area contributed by atoms with Crippen molar-refractivity contribution in [3.05, 3.63) is 17.5 Å². The van der Waals surface area contributed by atoms with Crippen molar-refractivity contribution in [1.82, 2.24) is 20.7 Å². The number of hydrogen-bond donors (Lipinski definition) is 3. The molecule has 0 saturated carbocycles. The molecule has 2 heterocycles. The third-order valence-corrected chi connectivity index (χ3v) is 4.10. The van der Waals surface area contributed by atoms with Gasteiger partial charge < -0.3 is 15.6 Å². The molecule has 0 aliphatic carbocycles. The number of likely N-dealkylation sites (tertiary alicyclic amines) is 1. The van der Waals surface area contributed by atoms with Crippen molar-refractivity contribution in [2.45, 2.75) is 32.7 Å². The highest BCUT2D eigenvalue weighted by atomic mass is 16.5. The summed E-state index contributed by atoms with van der Waals surface area (Å²) in [6.45, 7) is 5.20. The quantitative estimate of drug-likeness (QED) is 0.693. The number of carbonyl (C=O) groups is 3. The lowest BCUT2D eigenvalue weighted by atomic mass is 9.91. The minimum atomic E-state index is -0.850. The van der Waals surface area contributed by atoms with Gasteiger partial charge in [0.05, 0.1) is 6.54 Å². The summed E-state index contributed by atoms with van der Waals surface area (Å²) in [6.07, 6.45) is 1.87. The number of aromatic nitrogens is 1. The maximum absolute atomic E-state index is 12.1. The van der Waals surface area contributed by atoms with Gasteiger partial charge in [-0.25, -0.2) is 4.79 Å². The van der Waals surface area contributed by atoms with Gasteiger partial charge in [-0.3, -0.25) is 19.8 Å². The van der Waals surface area contributed by atoms with E-state index in [1.165, 1.54) is 0 Å². The molecule has 132 valence electrons. The Labute approximate surface area is 139 Å². The van der Waals surface area contributed by atoms with Crippen LogP contribution in [0, 0.1) is 12.8 Å². The minimum Gasteiger partial charge on any atom is -0.361 e. The van der Waals surface area contributed by atoms with Crippen molar-refractivity contribution in [2.24, 2.45) is 11.7 Å². The Morgan fingerprint density at radius 2 is 2.25 bits per heavy atom. The number of rotatable bonds is 5. The number of amides is 4. The zero-order valence-electron chi connectivity index (χ0n) is 13.9. The molecular formula is C15H23N5O4. The summed E-state index contributed by atoms with van der Waals surface area (Å²) in [5.41, 5.74) is 5.19. The largest absolute Gasteiger partial charge is 0.361 e. The van der Waals surface area contributed by atoms with Gasteiger partial charge in [0, 0.05) is 18.7 Å². The molecule has 2 rings (SSSR count). The highest BCUT2D eigenvalue weighted by Crippen LogP contribution is 2.20. The Kier molecular flexibility index (Phi) is 5.91. The molecule has 4 amide bonds. The summed E-state index contributed by atoms with van der Waals surface area (Å²) in [5, 5.41) is 8.68. The molecular weight excluding hydrogens is 314 g/mol. The number of carbonyl (C=O) groups excluding carboxylic acids is 3. The number of nitrogens with zero attached hydrogens (tertiary/aromatic N) is 2. The maximum atomic E-state index is 12.1. The van der Waals surface area contributed by atoms with Gasteiger partial charge in [-0.1, -0.05) is 5.16 Å². The highest BCUT2D eigenvalue weighted by molar-refractivity contribution is 5.94. The third-order valence-electron chi connectivity index (χ3n) is 4.10. The van der Waals surface area contributed by atoms with Crippen molar-refractivity contribution in [2.75, 3.05) is 19.6 Å². The lowest BCUT2D eigenvalue weighted by Gasteiger charge is -2.35. The van der Waals surface area contributed by atoms with Gasteiger partial charge in [0.1, 0.15) is 5.76 Å². The van der Waals surface area contributed by atoms with Gasteiger partial charge in [0.25, 0.3) is 5.91 Å². The zero-order chi connectivity index (χ0) is 17.7. The molecule has 0 aromatic carbocycles. The number of nitrogens with one attached hydrogen (secondary N) is 2. The molecule has 2 unspecified atom stereocenters. The molecule has 0 bridgehead atoms. The van der Waals surface area contributed by atoms with Crippen molar-refractivity contribution in [3.63, 3.8) is 0 Å². The first kappa shape index (κ1) is 17.9. The van der Waals surface area contributed by atoms with E-state index < -0.39 is 11.9 Å². The summed E-state index contributed by atoms with van der Waals surface area (Å²) in [7, 11) is 0. The molecule has 1 aliphatic heterocycles. The van der Waals surface area contributed by atoms with E-state index in [2.05, 4.69) is 15.8 Å². The average molecular weight is 337 g/mol. The number of hydrogen-bond acceptors (Lipinski definition) is 6. The molecule has 0 spiro atoms. The number of imide groups is 1. The van der Waals surface area contributed by atoms with E-state index in [9.17, 15) is 14.4 Å². The Hall–Kier alpha value is -2.42. The van der Waals surface area contributed by atoms with Crippen LogP contribution in [-0.4, -0.2) is 53.6 Å². The number of nitrogens with two attached hydrogens (primary N) is 1. The molecule has 9 heteroatoms. The van der Waals surface area contributed by atoms with Gasteiger partial charge in [0.15, 0.2) is 5.69 Å². The average Bonchev–Trinajstić information content (AvgIpc) is 2.93. The van der Waals surface area contributed by atoms with Crippen molar-refractivity contribution < 1.29 is 18.9 Å². The van der Waals surface area contributed by atoms with Crippen LogP contribution in [0.2, 0.25) is 0 Å². The first-order valence-electron chi connectivity index (χ1n) is 7.91. The van der Waals surface area contributed by atoms with Crippen molar-refractivity contribution >= 4 is 17.8 Å². The van der Waals surface area contributed by atoms with Gasteiger partial charge in [-0.2, -0.15) is 0 Å². The van der Waals surface area contributed by atoms with E-state index >= 15 is 0 Å². The fourth-order valence-electron chi connectivity index (χ4n) is 2.90. The molecule has 24 heavy (non-hydrogen) atoms. The number of aryl methyl sites for hydroxylation is 1. The molecule has 1 aliphatic rings. The van der Waals surface area contributed by atoms with Crippen LogP contribution >= 0.6 is 0 Å². The second-order valence-corrected chi connectivity index (χ2v) is 6.13. The Bertz CT molecular complexity index is 615. The maximum Gasteiger partial charge on any atom is 0.318 e. The molecule has 1 fully saturated rings. The van der Waals surface area contributed by atoms with E-state index in [1.807, 2.05) is 11.8 Å². The molecule has 2 atom stereocenters. The van der Waals surface area contributed by atoms with Gasteiger partial charge in [0.2, 0.25) is 5.91 Å². The van der Waals surface area contributed by atoms with Crippen LogP contribution in [0.1, 0.15) is 36.0 Å². The summed E-state index contributed by atoms with van der Waals surface area (Å²) >= 11 is 0. The van der Waals surface area contributed by atoms with Gasteiger partial charge in [-0.15, -0.1) is 0 Å². The highest BCUT2D eigenvalue weighted by Gasteiger charge is 2.27. The van der Waals surface area contributed by atoms with E-state index in [4.69, 9.17) is 10.3 Å². The van der Waals surface area contributed by atoms with E-state index in [-0.39, 0.29) is 30.1 Å². The zero-order valence-corrected chi connectivity index (χ0v) is 13.9. The smallest absolute Gasteiger partial charge is 0.318 e. The Morgan fingerprint density at radius 1 is 1.50 bits per heavy atom. The van der Waals surface area contributed by atoms with Crippen LogP contribution in [0.3, 0.4) is 0 Å². The predicted molar refractivity (Wildman–Crippen MR) is 85.1 cm³/mol. The van der Waals surface area contributed by atoms with Crippen LogP contribution in [0.15, 0.2) is 10.6 Å².